The molecule has 4 heteroatoms. The van der Waals surface area contributed by atoms with Crippen molar-refractivity contribution in [3.05, 3.63) is 39.3 Å². The van der Waals surface area contributed by atoms with E-state index < -0.39 is 0 Å². The van der Waals surface area contributed by atoms with Crippen LogP contribution < -0.4 is 0 Å². The van der Waals surface area contributed by atoms with Crippen LogP contribution >= 0.6 is 11.3 Å². The summed E-state index contributed by atoms with van der Waals surface area (Å²) >= 11 is 1.92. The number of rotatable bonds is 3. The van der Waals surface area contributed by atoms with Gasteiger partial charge in [0.1, 0.15) is 0 Å². The van der Waals surface area contributed by atoms with Crippen molar-refractivity contribution in [2.45, 2.75) is 45.7 Å². The van der Waals surface area contributed by atoms with Gasteiger partial charge in [-0.1, -0.05) is 6.42 Å². The van der Waals surface area contributed by atoms with Gasteiger partial charge in [0.2, 0.25) is 0 Å². The largest absolute Gasteiger partial charge is 0.290 e. The van der Waals surface area contributed by atoms with Crippen LogP contribution in [0.3, 0.4) is 0 Å². The summed E-state index contributed by atoms with van der Waals surface area (Å²) in [6, 6.07) is 5.06. The minimum absolute atomic E-state index is 0.524. The topological polar surface area (TPSA) is 21.1 Å². The van der Waals surface area contributed by atoms with Crippen molar-refractivity contribution in [3.8, 4) is 0 Å². The maximum absolute atomic E-state index is 4.35. The van der Waals surface area contributed by atoms with Crippen LogP contribution in [0.4, 0.5) is 0 Å². The molecule has 2 aromatic heterocycles. The summed E-state index contributed by atoms with van der Waals surface area (Å²) in [5.41, 5.74) is 2.86. The molecule has 3 heterocycles. The van der Waals surface area contributed by atoms with Gasteiger partial charge in [-0.15, -0.1) is 11.3 Å². The van der Waals surface area contributed by atoms with Gasteiger partial charge >= 0.3 is 0 Å². The van der Waals surface area contributed by atoms with Gasteiger partial charge in [-0.2, -0.15) is 5.10 Å². The minimum atomic E-state index is 0.524. The van der Waals surface area contributed by atoms with Gasteiger partial charge in [-0.25, -0.2) is 0 Å². The van der Waals surface area contributed by atoms with Crippen molar-refractivity contribution in [1.82, 2.24) is 14.7 Å². The van der Waals surface area contributed by atoms with Gasteiger partial charge in [0.15, 0.2) is 0 Å². The standard InChI is InChI=1S/C16H23N3S/c1-12-10-14(13(2)20-12)11-19-9-5-4-6-16(19)15-7-8-17-18(15)3/h7-8,10,16H,4-6,9,11H2,1-3H3. The average Bonchev–Trinajstić information content (AvgIpc) is 2.97. The Bertz CT molecular complexity index is 584. The normalized spacial score (nSPS) is 20.4. The molecule has 1 aliphatic heterocycles. The van der Waals surface area contributed by atoms with Gasteiger partial charge in [0.25, 0.3) is 0 Å². The van der Waals surface area contributed by atoms with Crippen molar-refractivity contribution in [1.29, 1.82) is 0 Å². The summed E-state index contributed by atoms with van der Waals surface area (Å²) in [7, 11) is 2.06. The van der Waals surface area contributed by atoms with E-state index in [2.05, 4.69) is 43.0 Å². The molecule has 2 aromatic rings. The van der Waals surface area contributed by atoms with Crippen LogP contribution in [0.1, 0.15) is 46.3 Å². The molecule has 0 bridgehead atoms. The number of aromatic nitrogens is 2. The van der Waals surface area contributed by atoms with Gasteiger partial charge in [-0.05, 0) is 50.9 Å². The summed E-state index contributed by atoms with van der Waals surface area (Å²) in [6.45, 7) is 6.72. The predicted molar refractivity (Wildman–Crippen MR) is 84.0 cm³/mol. The highest BCUT2D eigenvalue weighted by Gasteiger charge is 2.26. The van der Waals surface area contributed by atoms with Crippen molar-refractivity contribution in [2.75, 3.05) is 6.54 Å². The highest BCUT2D eigenvalue weighted by atomic mass is 32.1. The van der Waals surface area contributed by atoms with Crippen LogP contribution in [0.25, 0.3) is 0 Å². The van der Waals surface area contributed by atoms with E-state index in [-0.39, 0.29) is 0 Å². The second-order valence-electron chi connectivity index (χ2n) is 5.80. The molecule has 0 amide bonds. The second kappa shape index (κ2) is 5.70. The molecule has 1 saturated heterocycles. The lowest BCUT2D eigenvalue weighted by Crippen LogP contribution is -2.34. The second-order valence-corrected chi connectivity index (χ2v) is 7.26. The van der Waals surface area contributed by atoms with Crippen LogP contribution in [-0.2, 0) is 13.6 Å². The van der Waals surface area contributed by atoms with Crippen LogP contribution in [0.2, 0.25) is 0 Å². The van der Waals surface area contributed by atoms with E-state index in [0.29, 0.717) is 6.04 Å². The molecule has 0 aromatic carbocycles. The van der Waals surface area contributed by atoms with Crippen molar-refractivity contribution in [2.24, 2.45) is 7.05 Å². The third-order valence-corrected chi connectivity index (χ3v) is 5.34. The Morgan fingerprint density at radius 1 is 1.35 bits per heavy atom. The first kappa shape index (κ1) is 13.8. The Morgan fingerprint density at radius 3 is 2.85 bits per heavy atom. The first-order chi connectivity index (χ1) is 9.65. The number of likely N-dealkylation sites (tertiary alicyclic amines) is 1. The quantitative estimate of drug-likeness (QED) is 0.856. The fourth-order valence-corrected chi connectivity index (χ4v) is 4.22. The first-order valence-electron chi connectivity index (χ1n) is 7.43. The molecule has 1 fully saturated rings. The fraction of sp³-hybridized carbons (Fsp3) is 0.562. The molecule has 3 rings (SSSR count). The van der Waals surface area contributed by atoms with E-state index in [1.54, 1.807) is 0 Å². The Balaban J connectivity index is 1.82. The monoisotopic (exact) mass is 289 g/mol. The fourth-order valence-electron chi connectivity index (χ4n) is 3.29. The molecular formula is C16H23N3S. The molecule has 0 saturated carbocycles. The molecular weight excluding hydrogens is 266 g/mol. The number of hydrogen-bond acceptors (Lipinski definition) is 3. The summed E-state index contributed by atoms with van der Waals surface area (Å²) in [5, 5.41) is 4.35. The zero-order valence-electron chi connectivity index (χ0n) is 12.6. The van der Waals surface area contributed by atoms with Crippen molar-refractivity contribution in [3.63, 3.8) is 0 Å². The molecule has 0 N–H and O–H groups in total. The Hall–Kier alpha value is -1.13. The molecule has 1 aliphatic rings. The number of nitrogens with zero attached hydrogens (tertiary/aromatic N) is 3. The van der Waals surface area contributed by atoms with Gasteiger partial charge in [-0.3, -0.25) is 9.58 Å². The Morgan fingerprint density at radius 2 is 2.20 bits per heavy atom. The number of thiophene rings is 1. The van der Waals surface area contributed by atoms with E-state index >= 15 is 0 Å². The van der Waals surface area contributed by atoms with E-state index in [0.717, 1.165) is 6.54 Å². The molecule has 0 spiro atoms. The van der Waals surface area contributed by atoms with E-state index in [4.69, 9.17) is 0 Å². The van der Waals surface area contributed by atoms with E-state index in [9.17, 15) is 0 Å². The highest BCUT2D eigenvalue weighted by Crippen LogP contribution is 2.33. The maximum atomic E-state index is 4.35. The number of hydrogen-bond donors (Lipinski definition) is 0. The predicted octanol–water partition coefficient (Wildman–Crippen LogP) is 3.83. The zero-order valence-corrected chi connectivity index (χ0v) is 13.4. The lowest BCUT2D eigenvalue weighted by molar-refractivity contribution is 0.134. The van der Waals surface area contributed by atoms with Gasteiger partial charge in [0, 0.05) is 29.5 Å². The molecule has 3 nitrogen and oxygen atoms in total. The lowest BCUT2D eigenvalue weighted by atomic mass is 9.98. The van der Waals surface area contributed by atoms with Crippen LogP contribution in [0, 0.1) is 13.8 Å². The molecule has 1 unspecified atom stereocenters. The lowest BCUT2D eigenvalue weighted by Gasteiger charge is -2.35. The van der Waals surface area contributed by atoms with Gasteiger partial charge < -0.3 is 0 Å². The van der Waals surface area contributed by atoms with Crippen LogP contribution in [0.5, 0.6) is 0 Å². The highest BCUT2D eigenvalue weighted by molar-refractivity contribution is 7.12. The van der Waals surface area contributed by atoms with Crippen LogP contribution in [0.15, 0.2) is 18.3 Å². The molecule has 0 aliphatic carbocycles. The van der Waals surface area contributed by atoms with Crippen molar-refractivity contribution >= 4 is 11.3 Å². The molecule has 0 radical (unpaired) electrons. The molecule has 1 atom stereocenters. The Labute approximate surface area is 125 Å². The van der Waals surface area contributed by atoms with E-state index in [1.807, 2.05) is 22.2 Å². The first-order valence-corrected chi connectivity index (χ1v) is 8.24. The maximum Gasteiger partial charge on any atom is 0.0552 e. The smallest absolute Gasteiger partial charge is 0.0552 e. The SMILES string of the molecule is Cc1cc(CN2CCCCC2c2ccnn2C)c(C)s1. The Kier molecular flexibility index (Phi) is 3.94. The summed E-state index contributed by atoms with van der Waals surface area (Å²) in [6.07, 6.45) is 5.81. The number of piperidine rings is 1. The van der Waals surface area contributed by atoms with Gasteiger partial charge in [0.05, 0.1) is 11.7 Å². The molecule has 108 valence electrons. The third-order valence-electron chi connectivity index (χ3n) is 4.33. The van der Waals surface area contributed by atoms with Crippen molar-refractivity contribution < 1.29 is 0 Å². The zero-order chi connectivity index (χ0) is 14.1. The minimum Gasteiger partial charge on any atom is -0.290 e. The van der Waals surface area contributed by atoms with Crippen LogP contribution in [-0.4, -0.2) is 21.2 Å². The molecule has 20 heavy (non-hydrogen) atoms. The number of aryl methyl sites for hydroxylation is 3. The third kappa shape index (κ3) is 2.67. The summed E-state index contributed by atoms with van der Waals surface area (Å²) < 4.78 is 2.04. The van der Waals surface area contributed by atoms with E-state index in [1.165, 1.54) is 46.8 Å². The summed E-state index contributed by atoms with van der Waals surface area (Å²) in [5.74, 6) is 0. The average molecular weight is 289 g/mol. The summed E-state index contributed by atoms with van der Waals surface area (Å²) in [4.78, 5) is 5.53.